The molecule has 2 N–H and O–H groups in total. The van der Waals surface area contributed by atoms with Crippen molar-refractivity contribution in [1.29, 1.82) is 0 Å². The van der Waals surface area contributed by atoms with Gasteiger partial charge in [0.2, 0.25) is 0 Å². The molecule has 0 aliphatic rings. The van der Waals surface area contributed by atoms with Gasteiger partial charge in [-0.15, -0.1) is 11.3 Å². The standard InChI is InChI=1S/C12H22N2OS/c1-5-12(6-2,15-7-3)11-14-9(4)10(8-13)16-11/h5-8,13H2,1-4H3. The van der Waals surface area contributed by atoms with Crippen LogP contribution in [-0.2, 0) is 16.9 Å². The van der Waals surface area contributed by atoms with Gasteiger partial charge in [-0.05, 0) is 26.7 Å². The van der Waals surface area contributed by atoms with Crippen LogP contribution in [0.5, 0.6) is 0 Å². The summed E-state index contributed by atoms with van der Waals surface area (Å²) in [7, 11) is 0. The van der Waals surface area contributed by atoms with Crippen molar-refractivity contribution < 1.29 is 4.74 Å². The lowest BCUT2D eigenvalue weighted by atomic mass is 9.98. The molecular formula is C12H22N2OS. The number of aryl methyl sites for hydroxylation is 1. The summed E-state index contributed by atoms with van der Waals surface area (Å²) in [6.45, 7) is 9.64. The summed E-state index contributed by atoms with van der Waals surface area (Å²) in [6, 6.07) is 0. The molecule has 16 heavy (non-hydrogen) atoms. The molecule has 0 saturated heterocycles. The molecule has 0 fully saturated rings. The zero-order chi connectivity index (χ0) is 12.2. The normalized spacial score (nSPS) is 12.1. The van der Waals surface area contributed by atoms with Gasteiger partial charge in [0, 0.05) is 18.0 Å². The first-order valence-corrected chi connectivity index (χ1v) is 6.75. The lowest BCUT2D eigenvalue weighted by Crippen LogP contribution is -2.28. The van der Waals surface area contributed by atoms with Crippen molar-refractivity contribution in [2.24, 2.45) is 5.73 Å². The molecule has 1 heterocycles. The number of nitrogens with two attached hydrogens (primary N) is 1. The number of aromatic nitrogens is 1. The third-order valence-electron chi connectivity index (χ3n) is 3.03. The van der Waals surface area contributed by atoms with Crippen LogP contribution in [0.15, 0.2) is 0 Å². The highest BCUT2D eigenvalue weighted by atomic mass is 32.1. The van der Waals surface area contributed by atoms with Crippen LogP contribution in [0.3, 0.4) is 0 Å². The molecule has 0 aliphatic carbocycles. The van der Waals surface area contributed by atoms with Crippen LogP contribution in [0.4, 0.5) is 0 Å². The summed E-state index contributed by atoms with van der Waals surface area (Å²) in [6.07, 6.45) is 1.91. The SMILES string of the molecule is CCOC(CC)(CC)c1nc(C)c(CN)s1. The Bertz CT molecular complexity index is 332. The van der Waals surface area contributed by atoms with Gasteiger partial charge >= 0.3 is 0 Å². The van der Waals surface area contributed by atoms with Gasteiger partial charge in [-0.1, -0.05) is 13.8 Å². The molecule has 1 aromatic heterocycles. The van der Waals surface area contributed by atoms with E-state index in [2.05, 4.69) is 18.8 Å². The van der Waals surface area contributed by atoms with Crippen LogP contribution in [0.2, 0.25) is 0 Å². The fourth-order valence-electron chi connectivity index (χ4n) is 1.91. The van der Waals surface area contributed by atoms with Crippen molar-refractivity contribution in [3.8, 4) is 0 Å². The highest BCUT2D eigenvalue weighted by molar-refractivity contribution is 7.11. The first kappa shape index (κ1) is 13.6. The molecule has 1 aromatic rings. The first-order valence-electron chi connectivity index (χ1n) is 5.94. The fraction of sp³-hybridized carbons (Fsp3) is 0.750. The van der Waals surface area contributed by atoms with E-state index in [0.29, 0.717) is 6.54 Å². The van der Waals surface area contributed by atoms with E-state index in [1.165, 1.54) is 4.88 Å². The van der Waals surface area contributed by atoms with Crippen molar-refractivity contribution in [1.82, 2.24) is 4.98 Å². The average Bonchev–Trinajstić information content (AvgIpc) is 2.68. The van der Waals surface area contributed by atoms with E-state index in [1.54, 1.807) is 11.3 Å². The van der Waals surface area contributed by atoms with Crippen LogP contribution in [0.1, 0.15) is 49.2 Å². The largest absolute Gasteiger partial charge is 0.368 e. The quantitative estimate of drug-likeness (QED) is 0.834. The smallest absolute Gasteiger partial charge is 0.125 e. The number of hydrogen-bond donors (Lipinski definition) is 1. The van der Waals surface area contributed by atoms with Crippen molar-refractivity contribution in [3.63, 3.8) is 0 Å². The Morgan fingerprint density at radius 3 is 2.31 bits per heavy atom. The summed E-state index contributed by atoms with van der Waals surface area (Å²) >= 11 is 1.69. The monoisotopic (exact) mass is 242 g/mol. The molecule has 0 spiro atoms. The summed E-state index contributed by atoms with van der Waals surface area (Å²) in [5.41, 5.74) is 6.53. The number of hydrogen-bond acceptors (Lipinski definition) is 4. The van der Waals surface area contributed by atoms with Gasteiger partial charge in [0.1, 0.15) is 10.6 Å². The van der Waals surface area contributed by atoms with Gasteiger partial charge in [0.15, 0.2) is 0 Å². The molecule has 0 unspecified atom stereocenters. The van der Waals surface area contributed by atoms with Gasteiger partial charge < -0.3 is 10.5 Å². The second-order valence-corrected chi connectivity index (χ2v) is 4.95. The van der Waals surface area contributed by atoms with Crippen LogP contribution >= 0.6 is 11.3 Å². The van der Waals surface area contributed by atoms with E-state index in [0.717, 1.165) is 30.2 Å². The molecular weight excluding hydrogens is 220 g/mol. The number of rotatable bonds is 6. The number of ether oxygens (including phenoxy) is 1. The highest BCUT2D eigenvalue weighted by Crippen LogP contribution is 2.36. The summed E-state index contributed by atoms with van der Waals surface area (Å²) < 4.78 is 5.93. The second kappa shape index (κ2) is 5.75. The molecule has 0 atom stereocenters. The minimum absolute atomic E-state index is 0.211. The van der Waals surface area contributed by atoms with E-state index in [9.17, 15) is 0 Å². The van der Waals surface area contributed by atoms with Crippen LogP contribution in [0.25, 0.3) is 0 Å². The van der Waals surface area contributed by atoms with E-state index < -0.39 is 0 Å². The van der Waals surface area contributed by atoms with E-state index in [1.807, 2.05) is 13.8 Å². The van der Waals surface area contributed by atoms with Crippen molar-refractivity contribution in [3.05, 3.63) is 15.6 Å². The molecule has 3 nitrogen and oxygen atoms in total. The highest BCUT2D eigenvalue weighted by Gasteiger charge is 2.32. The van der Waals surface area contributed by atoms with E-state index >= 15 is 0 Å². The topological polar surface area (TPSA) is 48.1 Å². The molecule has 0 radical (unpaired) electrons. The molecule has 0 bridgehead atoms. The Balaban J connectivity index is 3.09. The molecule has 92 valence electrons. The van der Waals surface area contributed by atoms with Crippen molar-refractivity contribution in [2.45, 2.75) is 52.7 Å². The van der Waals surface area contributed by atoms with Crippen LogP contribution in [0, 0.1) is 6.92 Å². The summed E-state index contributed by atoms with van der Waals surface area (Å²) in [5, 5.41) is 1.08. The maximum Gasteiger partial charge on any atom is 0.125 e. The Morgan fingerprint density at radius 2 is 1.94 bits per heavy atom. The Morgan fingerprint density at radius 1 is 1.31 bits per heavy atom. The predicted octanol–water partition coefficient (Wildman–Crippen LogP) is 2.96. The predicted molar refractivity (Wildman–Crippen MR) is 68.6 cm³/mol. The third-order valence-corrected chi connectivity index (χ3v) is 4.40. The zero-order valence-corrected chi connectivity index (χ0v) is 11.5. The van der Waals surface area contributed by atoms with Crippen LogP contribution in [-0.4, -0.2) is 11.6 Å². The van der Waals surface area contributed by atoms with E-state index in [-0.39, 0.29) is 5.60 Å². The Hall–Kier alpha value is -0.450. The van der Waals surface area contributed by atoms with Crippen LogP contribution < -0.4 is 5.73 Å². The Kier molecular flexibility index (Phi) is 4.89. The lowest BCUT2D eigenvalue weighted by molar-refractivity contribution is -0.0507. The van der Waals surface area contributed by atoms with Gasteiger partial charge in [0.25, 0.3) is 0 Å². The lowest BCUT2D eigenvalue weighted by Gasteiger charge is -2.29. The fourth-order valence-corrected chi connectivity index (χ4v) is 3.13. The molecule has 0 saturated carbocycles. The summed E-state index contributed by atoms with van der Waals surface area (Å²) in [4.78, 5) is 5.80. The second-order valence-electron chi connectivity index (χ2n) is 3.87. The van der Waals surface area contributed by atoms with Crippen molar-refractivity contribution in [2.75, 3.05) is 6.61 Å². The number of thiazole rings is 1. The third kappa shape index (κ3) is 2.44. The van der Waals surface area contributed by atoms with Gasteiger partial charge in [-0.2, -0.15) is 0 Å². The molecule has 4 heteroatoms. The van der Waals surface area contributed by atoms with Gasteiger partial charge in [-0.3, -0.25) is 0 Å². The van der Waals surface area contributed by atoms with Crippen molar-refractivity contribution >= 4 is 11.3 Å². The minimum Gasteiger partial charge on any atom is -0.368 e. The van der Waals surface area contributed by atoms with Gasteiger partial charge in [-0.25, -0.2) is 4.98 Å². The molecule has 0 aromatic carbocycles. The maximum absolute atomic E-state index is 5.93. The molecule has 0 amide bonds. The first-order chi connectivity index (χ1) is 7.63. The zero-order valence-electron chi connectivity index (χ0n) is 10.7. The maximum atomic E-state index is 5.93. The van der Waals surface area contributed by atoms with Gasteiger partial charge in [0.05, 0.1) is 5.69 Å². The summed E-state index contributed by atoms with van der Waals surface area (Å²) in [5.74, 6) is 0. The average molecular weight is 242 g/mol. The molecule has 0 aliphatic heterocycles. The van der Waals surface area contributed by atoms with E-state index in [4.69, 9.17) is 10.5 Å². The molecule has 1 rings (SSSR count). The number of nitrogens with zero attached hydrogens (tertiary/aromatic N) is 1. The minimum atomic E-state index is -0.211. The Labute approximate surface area is 102 Å².